The monoisotopic (exact) mass is 197 g/mol. The molecule has 1 aromatic heterocycles. The fourth-order valence-corrected chi connectivity index (χ4v) is 1.41. The van der Waals surface area contributed by atoms with Crippen LogP contribution in [0, 0.1) is 0 Å². The second-order valence-electron chi connectivity index (χ2n) is 3.81. The largest absolute Gasteiger partial charge is 0.382 e. The van der Waals surface area contributed by atoms with Crippen molar-refractivity contribution in [3.05, 3.63) is 18.0 Å². The van der Waals surface area contributed by atoms with Gasteiger partial charge in [-0.25, -0.2) is 0 Å². The second kappa shape index (κ2) is 5.12. The molecule has 2 N–H and O–H groups in total. The predicted molar refractivity (Wildman–Crippen MR) is 56.2 cm³/mol. The van der Waals surface area contributed by atoms with E-state index in [1.54, 1.807) is 7.11 Å². The van der Waals surface area contributed by atoms with E-state index in [9.17, 15) is 0 Å². The number of nitrogens with zero attached hydrogens (tertiary/aromatic N) is 2. The summed E-state index contributed by atoms with van der Waals surface area (Å²) >= 11 is 0. The topological polar surface area (TPSA) is 53.1 Å². The normalized spacial score (nSPS) is 15.4. The molecule has 0 saturated heterocycles. The van der Waals surface area contributed by atoms with Gasteiger partial charge in [-0.05, 0) is 25.8 Å². The lowest BCUT2D eigenvalue weighted by molar-refractivity contribution is 0.157. The Morgan fingerprint density at radius 1 is 1.57 bits per heavy atom. The lowest BCUT2D eigenvalue weighted by Crippen LogP contribution is -2.17. The van der Waals surface area contributed by atoms with Crippen molar-refractivity contribution in [1.29, 1.82) is 0 Å². The first kappa shape index (κ1) is 11.2. The van der Waals surface area contributed by atoms with E-state index in [1.807, 2.05) is 24.0 Å². The minimum atomic E-state index is 0.186. The van der Waals surface area contributed by atoms with Crippen molar-refractivity contribution in [2.45, 2.75) is 32.4 Å². The summed E-state index contributed by atoms with van der Waals surface area (Å²) in [5.41, 5.74) is 6.89. The number of nitrogens with two attached hydrogens (primary N) is 1. The molecule has 0 spiro atoms. The van der Waals surface area contributed by atoms with Crippen molar-refractivity contribution < 1.29 is 4.74 Å². The van der Waals surface area contributed by atoms with Crippen LogP contribution in [0.2, 0.25) is 0 Å². The molecular formula is C10H19N3O. The van der Waals surface area contributed by atoms with Crippen LogP contribution < -0.4 is 5.73 Å². The quantitative estimate of drug-likeness (QED) is 0.765. The van der Waals surface area contributed by atoms with E-state index in [2.05, 4.69) is 12.0 Å². The molecule has 1 aromatic rings. The van der Waals surface area contributed by atoms with E-state index in [1.165, 1.54) is 5.56 Å². The standard InChI is InChI=1S/C10H19N3O/c1-8(11)4-10-5-12-13(6-10)9(2)7-14-3/h5-6,8-9H,4,7,11H2,1-3H3. The molecule has 0 bridgehead atoms. The maximum Gasteiger partial charge on any atom is 0.0724 e. The third-order valence-electron chi connectivity index (χ3n) is 2.07. The summed E-state index contributed by atoms with van der Waals surface area (Å²) < 4.78 is 6.98. The highest BCUT2D eigenvalue weighted by molar-refractivity contribution is 5.06. The zero-order chi connectivity index (χ0) is 10.6. The minimum absolute atomic E-state index is 0.186. The minimum Gasteiger partial charge on any atom is -0.382 e. The van der Waals surface area contributed by atoms with Crippen LogP contribution in [0.1, 0.15) is 25.5 Å². The van der Waals surface area contributed by atoms with Crippen molar-refractivity contribution in [1.82, 2.24) is 9.78 Å². The second-order valence-corrected chi connectivity index (χ2v) is 3.81. The number of hydrogen-bond donors (Lipinski definition) is 1. The first-order valence-corrected chi connectivity index (χ1v) is 4.91. The Kier molecular flexibility index (Phi) is 4.10. The number of methoxy groups -OCH3 is 1. The lowest BCUT2D eigenvalue weighted by atomic mass is 10.1. The van der Waals surface area contributed by atoms with Gasteiger partial charge in [0.15, 0.2) is 0 Å². The zero-order valence-electron chi connectivity index (χ0n) is 9.10. The Hall–Kier alpha value is -0.870. The van der Waals surface area contributed by atoms with Gasteiger partial charge < -0.3 is 10.5 Å². The predicted octanol–water partition coefficient (Wildman–Crippen LogP) is 0.980. The average Bonchev–Trinajstić information content (AvgIpc) is 2.52. The van der Waals surface area contributed by atoms with Crippen LogP contribution in [-0.4, -0.2) is 29.5 Å². The fraction of sp³-hybridized carbons (Fsp3) is 0.700. The SMILES string of the molecule is COCC(C)n1cc(CC(C)N)cn1. The highest BCUT2D eigenvalue weighted by Crippen LogP contribution is 2.07. The molecule has 0 aliphatic heterocycles. The summed E-state index contributed by atoms with van der Waals surface area (Å²) in [6, 6.07) is 0.465. The maximum atomic E-state index is 5.71. The molecule has 1 heterocycles. The molecule has 0 aliphatic rings. The van der Waals surface area contributed by atoms with E-state index in [0.29, 0.717) is 6.61 Å². The number of rotatable bonds is 5. The van der Waals surface area contributed by atoms with Crippen molar-refractivity contribution in [3.63, 3.8) is 0 Å². The molecule has 0 saturated carbocycles. The summed E-state index contributed by atoms with van der Waals surface area (Å²) in [6.07, 6.45) is 4.78. The molecule has 4 nitrogen and oxygen atoms in total. The summed E-state index contributed by atoms with van der Waals surface area (Å²) in [6.45, 7) is 4.75. The van der Waals surface area contributed by atoms with Gasteiger partial charge in [0.1, 0.15) is 0 Å². The third-order valence-corrected chi connectivity index (χ3v) is 2.07. The van der Waals surface area contributed by atoms with Crippen LogP contribution in [0.15, 0.2) is 12.4 Å². The van der Waals surface area contributed by atoms with Gasteiger partial charge in [0, 0.05) is 19.3 Å². The van der Waals surface area contributed by atoms with E-state index in [4.69, 9.17) is 10.5 Å². The first-order chi connectivity index (χ1) is 6.63. The maximum absolute atomic E-state index is 5.71. The van der Waals surface area contributed by atoms with E-state index in [-0.39, 0.29) is 12.1 Å². The van der Waals surface area contributed by atoms with Gasteiger partial charge in [0.25, 0.3) is 0 Å². The summed E-state index contributed by atoms with van der Waals surface area (Å²) in [5.74, 6) is 0. The molecule has 14 heavy (non-hydrogen) atoms. The van der Waals surface area contributed by atoms with Crippen LogP contribution in [0.25, 0.3) is 0 Å². The highest BCUT2D eigenvalue weighted by Gasteiger charge is 2.06. The van der Waals surface area contributed by atoms with Crippen molar-refractivity contribution >= 4 is 0 Å². The Balaban J connectivity index is 2.58. The van der Waals surface area contributed by atoms with Gasteiger partial charge in [0.2, 0.25) is 0 Å². The van der Waals surface area contributed by atoms with Crippen LogP contribution in [0.5, 0.6) is 0 Å². The van der Waals surface area contributed by atoms with Crippen molar-refractivity contribution in [3.8, 4) is 0 Å². The van der Waals surface area contributed by atoms with Gasteiger partial charge in [-0.15, -0.1) is 0 Å². The fourth-order valence-electron chi connectivity index (χ4n) is 1.41. The molecule has 2 unspecified atom stereocenters. The molecule has 4 heteroatoms. The first-order valence-electron chi connectivity index (χ1n) is 4.91. The Bertz CT molecular complexity index is 270. The van der Waals surface area contributed by atoms with E-state index in [0.717, 1.165) is 6.42 Å². The van der Waals surface area contributed by atoms with Crippen LogP contribution in [0.3, 0.4) is 0 Å². The van der Waals surface area contributed by atoms with Crippen molar-refractivity contribution in [2.24, 2.45) is 5.73 Å². The molecule has 0 amide bonds. The molecule has 0 aromatic carbocycles. The zero-order valence-corrected chi connectivity index (χ0v) is 9.10. The van der Waals surface area contributed by atoms with Crippen molar-refractivity contribution in [2.75, 3.05) is 13.7 Å². The average molecular weight is 197 g/mol. The molecule has 1 rings (SSSR count). The molecule has 2 atom stereocenters. The van der Waals surface area contributed by atoms with Crippen LogP contribution in [-0.2, 0) is 11.2 Å². The molecule has 0 radical (unpaired) electrons. The van der Waals surface area contributed by atoms with Gasteiger partial charge in [0.05, 0.1) is 18.8 Å². The summed E-state index contributed by atoms with van der Waals surface area (Å²) in [7, 11) is 1.70. The van der Waals surface area contributed by atoms with Gasteiger partial charge in [-0.3, -0.25) is 4.68 Å². The molecule has 0 fully saturated rings. The number of ether oxygens (including phenoxy) is 1. The summed E-state index contributed by atoms with van der Waals surface area (Å²) in [5, 5.41) is 4.27. The van der Waals surface area contributed by atoms with Gasteiger partial charge in [-0.1, -0.05) is 0 Å². The Morgan fingerprint density at radius 3 is 2.86 bits per heavy atom. The third kappa shape index (κ3) is 3.12. The molecular weight excluding hydrogens is 178 g/mol. The Morgan fingerprint density at radius 2 is 2.29 bits per heavy atom. The highest BCUT2D eigenvalue weighted by atomic mass is 16.5. The Labute approximate surface area is 85.0 Å². The van der Waals surface area contributed by atoms with Gasteiger partial charge >= 0.3 is 0 Å². The number of aromatic nitrogens is 2. The number of hydrogen-bond acceptors (Lipinski definition) is 3. The lowest BCUT2D eigenvalue weighted by Gasteiger charge is -2.10. The molecule has 0 aliphatic carbocycles. The van der Waals surface area contributed by atoms with Crippen LogP contribution >= 0.6 is 0 Å². The smallest absolute Gasteiger partial charge is 0.0724 e. The molecule has 80 valence electrons. The van der Waals surface area contributed by atoms with Gasteiger partial charge in [-0.2, -0.15) is 5.10 Å². The van der Waals surface area contributed by atoms with Crippen LogP contribution in [0.4, 0.5) is 0 Å². The summed E-state index contributed by atoms with van der Waals surface area (Å²) in [4.78, 5) is 0. The van der Waals surface area contributed by atoms with E-state index >= 15 is 0 Å². The van der Waals surface area contributed by atoms with E-state index < -0.39 is 0 Å².